The maximum absolute atomic E-state index is 12.1. The molecular weight excluding hydrogens is 302 g/mol. The Morgan fingerprint density at radius 1 is 1.39 bits per heavy atom. The van der Waals surface area contributed by atoms with Crippen molar-refractivity contribution < 1.29 is 19.2 Å². The van der Waals surface area contributed by atoms with Gasteiger partial charge in [-0.05, 0) is 26.0 Å². The van der Waals surface area contributed by atoms with Crippen LogP contribution in [-0.2, 0) is 18.3 Å². The maximum Gasteiger partial charge on any atom is 0.316 e. The molecule has 1 heterocycles. The molecule has 0 saturated carbocycles. The Labute approximate surface area is 132 Å². The van der Waals surface area contributed by atoms with E-state index in [4.69, 9.17) is 9.47 Å². The molecule has 1 aromatic heterocycles. The Balaban J connectivity index is 2.22. The van der Waals surface area contributed by atoms with Crippen LogP contribution in [0.1, 0.15) is 17.0 Å². The Morgan fingerprint density at radius 3 is 2.61 bits per heavy atom. The minimum atomic E-state index is -0.619. The second-order valence-electron chi connectivity index (χ2n) is 5.01. The Hall–Kier alpha value is -2.90. The van der Waals surface area contributed by atoms with E-state index in [1.807, 2.05) is 6.92 Å². The zero-order chi connectivity index (χ0) is 17.1. The third kappa shape index (κ3) is 3.47. The summed E-state index contributed by atoms with van der Waals surface area (Å²) < 4.78 is 11.8. The molecule has 0 atom stereocenters. The molecule has 0 spiro atoms. The minimum Gasteiger partial charge on any atom is -0.496 e. The van der Waals surface area contributed by atoms with Crippen molar-refractivity contribution in [1.82, 2.24) is 9.78 Å². The van der Waals surface area contributed by atoms with Gasteiger partial charge in [-0.15, -0.1) is 0 Å². The van der Waals surface area contributed by atoms with Crippen molar-refractivity contribution in [3.05, 3.63) is 45.3 Å². The first-order chi connectivity index (χ1) is 10.8. The SMILES string of the molecule is COc1ccc(OC(=O)Cc2c(C)nn(C)c2C)c([N+](=O)[O-])c1. The van der Waals surface area contributed by atoms with Crippen LogP contribution in [0.3, 0.4) is 0 Å². The molecule has 2 aromatic rings. The second-order valence-corrected chi connectivity index (χ2v) is 5.01. The number of nitrogens with zero attached hydrogens (tertiary/aromatic N) is 3. The zero-order valence-corrected chi connectivity index (χ0v) is 13.3. The van der Waals surface area contributed by atoms with Crippen LogP contribution in [0.25, 0.3) is 0 Å². The van der Waals surface area contributed by atoms with E-state index in [9.17, 15) is 14.9 Å². The highest BCUT2D eigenvalue weighted by atomic mass is 16.6. The van der Waals surface area contributed by atoms with E-state index in [1.54, 1.807) is 18.7 Å². The summed E-state index contributed by atoms with van der Waals surface area (Å²) in [4.78, 5) is 22.6. The molecule has 1 aromatic carbocycles. The van der Waals surface area contributed by atoms with Crippen LogP contribution in [0.4, 0.5) is 5.69 Å². The Bertz CT molecular complexity index is 767. The molecule has 0 aliphatic rings. The highest BCUT2D eigenvalue weighted by molar-refractivity contribution is 5.77. The smallest absolute Gasteiger partial charge is 0.316 e. The lowest BCUT2D eigenvalue weighted by Crippen LogP contribution is -2.13. The molecule has 2 rings (SSSR count). The number of aryl methyl sites for hydroxylation is 2. The van der Waals surface area contributed by atoms with Crippen molar-refractivity contribution in [2.75, 3.05) is 7.11 Å². The van der Waals surface area contributed by atoms with E-state index in [1.165, 1.54) is 25.3 Å². The summed E-state index contributed by atoms with van der Waals surface area (Å²) in [6.07, 6.45) is -0.00527. The summed E-state index contributed by atoms with van der Waals surface area (Å²) in [5.41, 5.74) is 2.01. The summed E-state index contributed by atoms with van der Waals surface area (Å²) in [7, 11) is 3.18. The van der Waals surface area contributed by atoms with Gasteiger partial charge in [0.2, 0.25) is 5.75 Å². The van der Waals surface area contributed by atoms with Crippen molar-refractivity contribution in [3.63, 3.8) is 0 Å². The highest BCUT2D eigenvalue weighted by Gasteiger charge is 2.21. The van der Waals surface area contributed by atoms with Crippen molar-refractivity contribution in [2.24, 2.45) is 7.05 Å². The normalized spacial score (nSPS) is 10.4. The molecule has 0 aliphatic carbocycles. The fraction of sp³-hybridized carbons (Fsp3) is 0.333. The lowest BCUT2D eigenvalue weighted by molar-refractivity contribution is -0.385. The first kappa shape index (κ1) is 16.5. The quantitative estimate of drug-likeness (QED) is 0.362. The number of nitro groups is 1. The summed E-state index contributed by atoms with van der Waals surface area (Å²) in [6.45, 7) is 3.64. The number of benzene rings is 1. The molecule has 23 heavy (non-hydrogen) atoms. The number of ether oxygens (including phenoxy) is 2. The molecule has 0 radical (unpaired) electrons. The molecule has 8 heteroatoms. The van der Waals surface area contributed by atoms with Crippen molar-refractivity contribution in [3.8, 4) is 11.5 Å². The van der Waals surface area contributed by atoms with Gasteiger partial charge in [0.1, 0.15) is 5.75 Å². The van der Waals surface area contributed by atoms with E-state index < -0.39 is 10.9 Å². The van der Waals surface area contributed by atoms with Gasteiger partial charge in [0, 0.05) is 18.3 Å². The van der Waals surface area contributed by atoms with Crippen LogP contribution >= 0.6 is 0 Å². The standard InChI is InChI=1S/C15H17N3O5/c1-9-12(10(2)17(3)16-9)8-15(19)23-14-6-5-11(22-4)7-13(14)18(20)21/h5-7H,8H2,1-4H3. The van der Waals surface area contributed by atoms with Gasteiger partial charge in [-0.1, -0.05) is 0 Å². The third-order valence-electron chi connectivity index (χ3n) is 3.57. The second kappa shape index (κ2) is 6.47. The van der Waals surface area contributed by atoms with E-state index >= 15 is 0 Å². The van der Waals surface area contributed by atoms with Crippen LogP contribution in [0.15, 0.2) is 18.2 Å². The average molecular weight is 319 g/mol. The number of hydrogen-bond donors (Lipinski definition) is 0. The van der Waals surface area contributed by atoms with Crippen LogP contribution in [0, 0.1) is 24.0 Å². The average Bonchev–Trinajstić information content (AvgIpc) is 2.74. The molecule has 0 unspecified atom stereocenters. The molecular formula is C15H17N3O5. The van der Waals surface area contributed by atoms with Crippen LogP contribution in [-0.4, -0.2) is 27.8 Å². The van der Waals surface area contributed by atoms with Crippen molar-refractivity contribution >= 4 is 11.7 Å². The predicted molar refractivity (Wildman–Crippen MR) is 81.7 cm³/mol. The Morgan fingerprint density at radius 2 is 2.09 bits per heavy atom. The van der Waals surface area contributed by atoms with E-state index in [-0.39, 0.29) is 17.9 Å². The summed E-state index contributed by atoms with van der Waals surface area (Å²) in [5.74, 6) is -0.382. The molecule has 0 saturated heterocycles. The lowest BCUT2D eigenvalue weighted by Gasteiger charge is -2.07. The minimum absolute atomic E-state index is 0.00527. The molecule has 8 nitrogen and oxygen atoms in total. The number of nitro benzene ring substituents is 1. The molecule has 0 fully saturated rings. The number of methoxy groups -OCH3 is 1. The van der Waals surface area contributed by atoms with Gasteiger partial charge in [0.15, 0.2) is 0 Å². The number of hydrogen-bond acceptors (Lipinski definition) is 6. The van der Waals surface area contributed by atoms with E-state index in [0.717, 1.165) is 17.0 Å². The van der Waals surface area contributed by atoms with Crippen LogP contribution in [0.5, 0.6) is 11.5 Å². The largest absolute Gasteiger partial charge is 0.496 e. The topological polar surface area (TPSA) is 96.5 Å². The number of carbonyl (C=O) groups is 1. The van der Waals surface area contributed by atoms with Gasteiger partial charge in [0.05, 0.1) is 30.2 Å². The van der Waals surface area contributed by atoms with Gasteiger partial charge in [0.25, 0.3) is 0 Å². The molecule has 0 aliphatic heterocycles. The van der Waals surface area contributed by atoms with Crippen LogP contribution < -0.4 is 9.47 Å². The summed E-state index contributed by atoms with van der Waals surface area (Å²) in [6, 6.07) is 4.05. The zero-order valence-electron chi connectivity index (χ0n) is 13.3. The van der Waals surface area contributed by atoms with Crippen molar-refractivity contribution in [1.29, 1.82) is 0 Å². The van der Waals surface area contributed by atoms with E-state index in [2.05, 4.69) is 5.10 Å². The number of aromatic nitrogens is 2. The van der Waals surface area contributed by atoms with Gasteiger partial charge < -0.3 is 9.47 Å². The lowest BCUT2D eigenvalue weighted by atomic mass is 10.1. The third-order valence-corrected chi connectivity index (χ3v) is 3.57. The predicted octanol–water partition coefficient (Wildman–Crippen LogP) is 2.10. The highest BCUT2D eigenvalue weighted by Crippen LogP contribution is 2.31. The maximum atomic E-state index is 12.1. The van der Waals surface area contributed by atoms with Gasteiger partial charge in [-0.25, -0.2) is 0 Å². The number of carbonyl (C=O) groups excluding carboxylic acids is 1. The fourth-order valence-electron chi connectivity index (χ4n) is 2.23. The van der Waals surface area contributed by atoms with Crippen LogP contribution in [0.2, 0.25) is 0 Å². The fourth-order valence-corrected chi connectivity index (χ4v) is 2.23. The first-order valence-electron chi connectivity index (χ1n) is 6.85. The monoisotopic (exact) mass is 319 g/mol. The summed E-state index contributed by atoms with van der Waals surface area (Å²) >= 11 is 0. The van der Waals surface area contributed by atoms with Gasteiger partial charge in [-0.2, -0.15) is 5.10 Å². The first-order valence-corrected chi connectivity index (χ1v) is 6.85. The molecule has 0 amide bonds. The molecule has 0 bridgehead atoms. The van der Waals surface area contributed by atoms with Gasteiger partial charge in [-0.3, -0.25) is 19.6 Å². The van der Waals surface area contributed by atoms with E-state index in [0.29, 0.717) is 5.75 Å². The molecule has 0 N–H and O–H groups in total. The Kier molecular flexibility index (Phi) is 4.63. The van der Waals surface area contributed by atoms with Gasteiger partial charge >= 0.3 is 11.7 Å². The van der Waals surface area contributed by atoms with Crippen molar-refractivity contribution in [2.45, 2.75) is 20.3 Å². The summed E-state index contributed by atoms with van der Waals surface area (Å²) in [5, 5.41) is 15.3. The molecule has 122 valence electrons. The number of rotatable bonds is 5. The number of esters is 1.